The first-order chi connectivity index (χ1) is 23.2. The van der Waals surface area contributed by atoms with Gasteiger partial charge in [0.25, 0.3) is 0 Å². The molecule has 47 heavy (non-hydrogen) atoms. The van der Waals surface area contributed by atoms with Gasteiger partial charge in [-0.25, -0.2) is 0 Å². The molecule has 0 aliphatic carbocycles. The van der Waals surface area contributed by atoms with Crippen molar-refractivity contribution in [3.8, 4) is 22.3 Å². The highest BCUT2D eigenvalue weighted by Gasteiger charge is 2.46. The minimum Gasteiger partial charge on any atom is -0.309 e. The Balaban J connectivity index is 1.30. The molecular weight excluding hydrogens is 589 g/mol. The van der Waals surface area contributed by atoms with Crippen molar-refractivity contribution in [1.29, 1.82) is 0 Å². The molecule has 0 N–H and O–H groups in total. The molecule has 0 spiro atoms. The summed E-state index contributed by atoms with van der Waals surface area (Å²) in [4.78, 5) is 2.32. The van der Waals surface area contributed by atoms with Crippen LogP contribution in [-0.2, 0) is 4.57 Å². The van der Waals surface area contributed by atoms with Crippen molar-refractivity contribution in [2.75, 3.05) is 4.90 Å². The van der Waals surface area contributed by atoms with Gasteiger partial charge in [-0.05, 0) is 58.7 Å². The fourth-order valence-electron chi connectivity index (χ4n) is 7.17. The summed E-state index contributed by atoms with van der Waals surface area (Å²) in [7, 11) is -3.37. The molecule has 1 atom stereocenters. The van der Waals surface area contributed by atoms with Gasteiger partial charge in [-0.2, -0.15) is 0 Å². The zero-order chi connectivity index (χ0) is 31.4. The number of hydrogen-bond donors (Lipinski definition) is 0. The molecule has 0 saturated heterocycles. The van der Waals surface area contributed by atoms with Gasteiger partial charge in [-0.3, -0.25) is 0 Å². The minimum absolute atomic E-state index is 0.764. The van der Waals surface area contributed by atoms with Crippen molar-refractivity contribution in [2.45, 2.75) is 0 Å². The summed E-state index contributed by atoms with van der Waals surface area (Å²) in [6, 6.07) is 65.0. The van der Waals surface area contributed by atoms with Crippen molar-refractivity contribution in [1.82, 2.24) is 0 Å². The first-order valence-electron chi connectivity index (χ1n) is 15.8. The largest absolute Gasteiger partial charge is 0.309 e. The fourth-order valence-corrected chi connectivity index (χ4v) is 10.4. The van der Waals surface area contributed by atoms with E-state index in [-0.39, 0.29) is 0 Å². The number of benzene rings is 6. The standard InChI is InChI=1S/C44H28NOP/c46-47(36-19-13-18-34(30-36)32-16-5-2-6-17-32)42-25-12-9-22-39(42)43-37-20-7-10-23-40(37)45(41-24-11-8-21-38(41)44(43)47)35-28-26-33(27-29-35)31-14-3-1-4-15-31/h1-12,14-17,19-30H. The Bertz CT molecular complexity index is 2380. The molecule has 1 unspecified atom stereocenters. The molecule has 0 fully saturated rings. The Hall–Kier alpha value is -5.87. The average molecular weight is 618 g/mol. The van der Waals surface area contributed by atoms with Gasteiger partial charge in [0.1, 0.15) is 0 Å². The quantitative estimate of drug-likeness (QED) is 0.183. The fraction of sp³-hybridized carbons (Fsp3) is 0. The Labute approximate surface area is 275 Å². The molecule has 220 valence electrons. The molecule has 0 amide bonds. The highest BCUT2D eigenvalue weighted by Crippen LogP contribution is 2.68. The SMILES string of the molecule is O=P1(c2cc#cc(-c3ccccc3)c2)C2=C(c3ccccc3N(c3ccc(-c4ccccc4)cc3)c3ccccc32)c2ccccc21. The molecule has 0 aromatic heterocycles. The topological polar surface area (TPSA) is 20.3 Å². The van der Waals surface area contributed by atoms with Gasteiger partial charge in [0, 0.05) is 43.9 Å². The summed E-state index contributed by atoms with van der Waals surface area (Å²) in [5.41, 5.74) is 11.4. The van der Waals surface area contributed by atoms with E-state index >= 15 is 4.57 Å². The maximum Gasteiger partial charge on any atom is 0.173 e. The third-order valence-electron chi connectivity index (χ3n) is 9.28. The van der Waals surface area contributed by atoms with Gasteiger partial charge < -0.3 is 9.46 Å². The van der Waals surface area contributed by atoms with Gasteiger partial charge in [0.2, 0.25) is 0 Å². The Morgan fingerprint density at radius 1 is 0.511 bits per heavy atom. The van der Waals surface area contributed by atoms with Crippen LogP contribution in [0.25, 0.3) is 33.1 Å². The van der Waals surface area contributed by atoms with E-state index in [2.05, 4.69) is 150 Å². The van der Waals surface area contributed by atoms with Crippen molar-refractivity contribution in [3.05, 3.63) is 199 Å². The molecule has 7 aromatic rings. The van der Waals surface area contributed by atoms with E-state index in [1.807, 2.05) is 36.4 Å². The second-order valence-corrected chi connectivity index (χ2v) is 14.6. The minimum atomic E-state index is -3.37. The van der Waals surface area contributed by atoms with Gasteiger partial charge in [0.05, 0.1) is 11.4 Å². The highest BCUT2D eigenvalue weighted by atomic mass is 31.2. The predicted molar refractivity (Wildman–Crippen MR) is 195 cm³/mol. The van der Waals surface area contributed by atoms with Crippen LogP contribution in [0.15, 0.2) is 170 Å². The highest BCUT2D eigenvalue weighted by molar-refractivity contribution is 7.88. The summed E-state index contributed by atoms with van der Waals surface area (Å²) in [6.07, 6.45) is 0. The van der Waals surface area contributed by atoms with Crippen molar-refractivity contribution < 1.29 is 4.57 Å². The van der Waals surface area contributed by atoms with Crippen LogP contribution in [0.1, 0.15) is 16.7 Å². The lowest BCUT2D eigenvalue weighted by Gasteiger charge is -2.29. The molecule has 2 aliphatic heterocycles. The zero-order valence-electron chi connectivity index (χ0n) is 25.5. The van der Waals surface area contributed by atoms with Gasteiger partial charge in [-0.1, -0.05) is 146 Å². The van der Waals surface area contributed by atoms with Crippen LogP contribution in [-0.4, -0.2) is 0 Å². The Morgan fingerprint density at radius 3 is 1.79 bits per heavy atom. The lowest BCUT2D eigenvalue weighted by atomic mass is 9.95. The number of nitrogens with zero attached hydrogens (tertiary/aromatic N) is 1. The van der Waals surface area contributed by atoms with E-state index in [0.717, 1.165) is 71.9 Å². The number of hydrogen-bond acceptors (Lipinski definition) is 2. The molecule has 7 aromatic carbocycles. The lowest BCUT2D eigenvalue weighted by molar-refractivity contribution is 0.593. The number of rotatable bonds is 4. The van der Waals surface area contributed by atoms with Crippen molar-refractivity contribution in [2.24, 2.45) is 0 Å². The summed E-state index contributed by atoms with van der Waals surface area (Å²) in [6.45, 7) is 0. The molecule has 2 aliphatic rings. The molecule has 0 bridgehead atoms. The average Bonchev–Trinajstić information content (AvgIpc) is 3.34. The number of anilines is 3. The van der Waals surface area contributed by atoms with Gasteiger partial charge >= 0.3 is 0 Å². The maximum absolute atomic E-state index is 16.2. The van der Waals surface area contributed by atoms with Crippen LogP contribution in [0.5, 0.6) is 0 Å². The first kappa shape index (κ1) is 27.4. The van der Waals surface area contributed by atoms with Gasteiger partial charge in [-0.15, -0.1) is 0 Å². The molecule has 2 nitrogen and oxygen atoms in total. The van der Waals surface area contributed by atoms with Gasteiger partial charge in [0.15, 0.2) is 7.14 Å². The molecular formula is C44H28NOP. The van der Waals surface area contributed by atoms with Crippen LogP contribution in [0.4, 0.5) is 17.1 Å². The first-order valence-corrected chi connectivity index (χ1v) is 17.5. The van der Waals surface area contributed by atoms with Crippen molar-refractivity contribution >= 4 is 45.7 Å². The second-order valence-electron chi connectivity index (χ2n) is 11.9. The zero-order valence-corrected chi connectivity index (χ0v) is 26.4. The van der Waals surface area contributed by atoms with Crippen LogP contribution in [0.2, 0.25) is 0 Å². The van der Waals surface area contributed by atoms with Crippen LogP contribution < -0.4 is 15.5 Å². The van der Waals surface area contributed by atoms with Crippen LogP contribution in [0.3, 0.4) is 0 Å². The van der Waals surface area contributed by atoms with Crippen LogP contribution >= 0.6 is 7.14 Å². The number of fused-ring (bicyclic) bond motifs is 6. The molecule has 9 rings (SSSR count). The summed E-state index contributed by atoms with van der Waals surface area (Å²) in [5, 5.41) is 2.51. The molecule has 0 radical (unpaired) electrons. The van der Waals surface area contributed by atoms with Crippen LogP contribution in [0, 0.1) is 12.1 Å². The third kappa shape index (κ3) is 4.25. The van der Waals surface area contributed by atoms with E-state index < -0.39 is 7.14 Å². The smallest absolute Gasteiger partial charge is 0.173 e. The second kappa shape index (κ2) is 10.9. The van der Waals surface area contributed by atoms with E-state index in [9.17, 15) is 0 Å². The van der Waals surface area contributed by atoms with E-state index in [1.54, 1.807) is 0 Å². The lowest BCUT2D eigenvalue weighted by Crippen LogP contribution is -2.17. The monoisotopic (exact) mass is 617 g/mol. The maximum atomic E-state index is 16.2. The molecule has 2 heterocycles. The summed E-state index contributed by atoms with van der Waals surface area (Å²) >= 11 is 0. The van der Waals surface area contributed by atoms with E-state index in [4.69, 9.17) is 0 Å². The van der Waals surface area contributed by atoms with Crippen molar-refractivity contribution in [3.63, 3.8) is 0 Å². The molecule has 0 saturated carbocycles. The normalized spacial score (nSPS) is 16.0. The summed E-state index contributed by atoms with van der Waals surface area (Å²) < 4.78 is 16.2. The molecule has 3 heteroatoms. The summed E-state index contributed by atoms with van der Waals surface area (Å²) in [5.74, 6) is 0. The third-order valence-corrected chi connectivity index (χ3v) is 12.4. The Kier molecular flexibility index (Phi) is 6.36. The van der Waals surface area contributed by atoms with E-state index in [0.29, 0.717) is 0 Å². The Morgan fingerprint density at radius 2 is 1.06 bits per heavy atom. The van der Waals surface area contributed by atoms with E-state index in [1.165, 1.54) is 5.56 Å². The number of para-hydroxylation sites is 2. The predicted octanol–water partition coefficient (Wildman–Crippen LogP) is 10.6.